The van der Waals surface area contributed by atoms with Crippen LogP contribution in [0.5, 0.6) is 0 Å². The van der Waals surface area contributed by atoms with Crippen LogP contribution in [0.4, 0.5) is 0 Å². The van der Waals surface area contributed by atoms with Crippen molar-refractivity contribution in [2.75, 3.05) is 6.79 Å². The van der Waals surface area contributed by atoms with Crippen LogP contribution in [-0.2, 0) is 19.1 Å². The van der Waals surface area contributed by atoms with Crippen molar-refractivity contribution in [3.8, 4) is 0 Å². The average Bonchev–Trinajstić information content (AvgIpc) is 2.03. The Morgan fingerprint density at radius 3 is 2.00 bits per heavy atom. The van der Waals surface area contributed by atoms with Crippen molar-refractivity contribution >= 4 is 11.9 Å². The number of rotatable bonds is 4. The molecule has 2 N–H and O–H groups in total. The fraction of sp³-hybridized carbons (Fsp3) is 0.750. The Labute approximate surface area is 77.2 Å². The predicted molar refractivity (Wildman–Crippen MR) is 45.5 cm³/mol. The lowest BCUT2D eigenvalue weighted by Gasteiger charge is -2.08. The second-order valence-corrected chi connectivity index (χ2v) is 2.99. The highest BCUT2D eigenvalue weighted by atomic mass is 16.7. The van der Waals surface area contributed by atoms with Gasteiger partial charge >= 0.3 is 11.9 Å². The van der Waals surface area contributed by atoms with Gasteiger partial charge in [-0.1, -0.05) is 13.8 Å². The first-order chi connectivity index (χ1) is 5.95. The highest BCUT2D eigenvalue weighted by Gasteiger charge is 2.11. The van der Waals surface area contributed by atoms with E-state index in [1.807, 2.05) is 0 Å². The minimum atomic E-state index is -0.697. The molecular weight excluding hydrogens is 174 g/mol. The highest BCUT2D eigenvalue weighted by molar-refractivity contribution is 5.75. The van der Waals surface area contributed by atoms with Crippen LogP contribution in [0.25, 0.3) is 0 Å². The summed E-state index contributed by atoms with van der Waals surface area (Å²) in [5.41, 5.74) is 5.20. The molecule has 0 amide bonds. The van der Waals surface area contributed by atoms with E-state index in [0.717, 1.165) is 0 Å². The molecule has 0 saturated heterocycles. The second-order valence-electron chi connectivity index (χ2n) is 2.99. The SMILES string of the molecule is CC(C)C(=O)OCOC(=O)C(C)N. The Bertz CT molecular complexity index is 169. The summed E-state index contributed by atoms with van der Waals surface area (Å²) < 4.78 is 9.10. The monoisotopic (exact) mass is 189 g/mol. The molecule has 0 aliphatic carbocycles. The van der Waals surface area contributed by atoms with Crippen molar-refractivity contribution < 1.29 is 19.1 Å². The Kier molecular flexibility index (Phi) is 5.06. The molecule has 76 valence electrons. The third kappa shape index (κ3) is 5.19. The number of carbonyl (C=O) groups is 2. The van der Waals surface area contributed by atoms with Gasteiger partial charge in [-0.2, -0.15) is 0 Å². The van der Waals surface area contributed by atoms with Crippen molar-refractivity contribution in [2.45, 2.75) is 26.8 Å². The standard InChI is InChI=1S/C8H15NO4/c1-5(2)7(10)12-4-13-8(11)6(3)9/h5-6H,4,9H2,1-3H3. The van der Waals surface area contributed by atoms with Crippen LogP contribution < -0.4 is 5.73 Å². The molecule has 1 atom stereocenters. The quantitative estimate of drug-likeness (QED) is 0.498. The van der Waals surface area contributed by atoms with Gasteiger partial charge in [-0.3, -0.25) is 9.59 Å². The number of nitrogens with two attached hydrogens (primary N) is 1. The molecule has 5 nitrogen and oxygen atoms in total. The minimum Gasteiger partial charge on any atom is -0.428 e. The maximum atomic E-state index is 10.8. The van der Waals surface area contributed by atoms with E-state index in [4.69, 9.17) is 5.73 Å². The van der Waals surface area contributed by atoms with Gasteiger partial charge in [0.1, 0.15) is 6.04 Å². The molecular formula is C8H15NO4. The molecule has 0 saturated carbocycles. The maximum Gasteiger partial charge on any atom is 0.325 e. The van der Waals surface area contributed by atoms with Crippen molar-refractivity contribution in [1.29, 1.82) is 0 Å². The summed E-state index contributed by atoms with van der Waals surface area (Å²) in [5.74, 6) is -1.22. The molecule has 5 heteroatoms. The van der Waals surface area contributed by atoms with E-state index in [2.05, 4.69) is 9.47 Å². The third-order valence-electron chi connectivity index (χ3n) is 1.25. The van der Waals surface area contributed by atoms with Gasteiger partial charge in [-0.25, -0.2) is 0 Å². The predicted octanol–water partition coefficient (Wildman–Crippen LogP) is 0.0335. The van der Waals surface area contributed by atoms with Crippen LogP contribution in [0.1, 0.15) is 20.8 Å². The van der Waals surface area contributed by atoms with Gasteiger partial charge in [0.25, 0.3) is 0 Å². The van der Waals surface area contributed by atoms with E-state index in [1.54, 1.807) is 13.8 Å². The first kappa shape index (κ1) is 11.9. The Morgan fingerprint density at radius 2 is 1.62 bits per heavy atom. The van der Waals surface area contributed by atoms with Crippen molar-refractivity contribution in [2.24, 2.45) is 11.7 Å². The fourth-order valence-corrected chi connectivity index (χ4v) is 0.444. The van der Waals surface area contributed by atoms with Crippen LogP contribution >= 0.6 is 0 Å². The third-order valence-corrected chi connectivity index (χ3v) is 1.25. The molecule has 13 heavy (non-hydrogen) atoms. The molecule has 0 aliphatic rings. The van der Waals surface area contributed by atoms with E-state index in [1.165, 1.54) is 6.92 Å². The lowest BCUT2D eigenvalue weighted by molar-refractivity contribution is -0.170. The van der Waals surface area contributed by atoms with E-state index in [9.17, 15) is 9.59 Å². The number of carbonyl (C=O) groups excluding carboxylic acids is 2. The van der Waals surface area contributed by atoms with Gasteiger partial charge in [0, 0.05) is 0 Å². The molecule has 0 rings (SSSR count). The summed E-state index contributed by atoms with van der Waals surface area (Å²) in [4.78, 5) is 21.6. The minimum absolute atomic E-state index is 0.228. The smallest absolute Gasteiger partial charge is 0.325 e. The summed E-state index contributed by atoms with van der Waals surface area (Å²) in [6, 6.07) is -0.697. The van der Waals surface area contributed by atoms with Crippen LogP contribution in [0.15, 0.2) is 0 Å². The van der Waals surface area contributed by atoms with E-state index < -0.39 is 18.0 Å². The van der Waals surface area contributed by atoms with Gasteiger partial charge < -0.3 is 15.2 Å². The summed E-state index contributed by atoms with van der Waals surface area (Å²) in [5, 5.41) is 0. The van der Waals surface area contributed by atoms with E-state index in [0.29, 0.717) is 0 Å². The topological polar surface area (TPSA) is 78.6 Å². The zero-order valence-corrected chi connectivity index (χ0v) is 8.07. The first-order valence-corrected chi connectivity index (χ1v) is 4.04. The molecule has 0 radical (unpaired) electrons. The number of esters is 2. The van der Waals surface area contributed by atoms with Crippen molar-refractivity contribution in [3.63, 3.8) is 0 Å². The van der Waals surface area contributed by atoms with Crippen LogP contribution in [-0.4, -0.2) is 24.8 Å². The second kappa shape index (κ2) is 5.53. The molecule has 1 unspecified atom stereocenters. The van der Waals surface area contributed by atoms with Gasteiger partial charge in [0.2, 0.25) is 6.79 Å². The van der Waals surface area contributed by atoms with Gasteiger partial charge in [0.05, 0.1) is 5.92 Å². The number of ether oxygens (including phenoxy) is 2. The Morgan fingerprint density at radius 1 is 1.15 bits per heavy atom. The van der Waals surface area contributed by atoms with Gasteiger partial charge in [-0.15, -0.1) is 0 Å². The lowest BCUT2D eigenvalue weighted by Crippen LogP contribution is -2.30. The average molecular weight is 189 g/mol. The summed E-state index contributed by atoms with van der Waals surface area (Å²) >= 11 is 0. The molecule has 0 aliphatic heterocycles. The Balaban J connectivity index is 3.57. The van der Waals surface area contributed by atoms with Crippen molar-refractivity contribution in [1.82, 2.24) is 0 Å². The molecule has 0 spiro atoms. The highest BCUT2D eigenvalue weighted by Crippen LogP contribution is 1.96. The first-order valence-electron chi connectivity index (χ1n) is 4.04. The van der Waals surface area contributed by atoms with Gasteiger partial charge in [0.15, 0.2) is 0 Å². The summed E-state index contributed by atoms with van der Waals surface area (Å²) in [6.07, 6.45) is 0. The largest absolute Gasteiger partial charge is 0.428 e. The van der Waals surface area contributed by atoms with Gasteiger partial charge in [-0.05, 0) is 6.92 Å². The maximum absolute atomic E-state index is 10.8. The molecule has 0 heterocycles. The zero-order valence-electron chi connectivity index (χ0n) is 8.07. The molecule has 0 bridgehead atoms. The lowest BCUT2D eigenvalue weighted by atomic mass is 10.2. The van der Waals surface area contributed by atoms with Crippen LogP contribution in [0.3, 0.4) is 0 Å². The van der Waals surface area contributed by atoms with Crippen LogP contribution in [0, 0.1) is 5.92 Å². The fourth-order valence-electron chi connectivity index (χ4n) is 0.444. The van der Waals surface area contributed by atoms with Crippen molar-refractivity contribution in [3.05, 3.63) is 0 Å². The number of hydrogen-bond acceptors (Lipinski definition) is 5. The van der Waals surface area contributed by atoms with Crippen LogP contribution in [0.2, 0.25) is 0 Å². The van der Waals surface area contributed by atoms with E-state index in [-0.39, 0.29) is 12.7 Å². The normalized spacial score (nSPS) is 12.4. The molecule has 0 aromatic rings. The molecule has 0 fully saturated rings. The zero-order chi connectivity index (χ0) is 10.4. The van der Waals surface area contributed by atoms with E-state index >= 15 is 0 Å². The summed E-state index contributed by atoms with van der Waals surface area (Å²) in [6.45, 7) is 4.51. The number of hydrogen-bond donors (Lipinski definition) is 1. The Hall–Kier alpha value is -1.10. The molecule has 0 aromatic heterocycles. The molecule has 0 aromatic carbocycles. The summed E-state index contributed by atoms with van der Waals surface area (Å²) in [7, 11) is 0.